The largest absolute Gasteiger partial charge is 0.501 e. The molecule has 138 valence electrons. The average Bonchev–Trinajstić information content (AvgIpc) is 2.95. The molecule has 0 atom stereocenters. The molecular weight excluding hydrogens is 399 g/mol. The maximum atomic E-state index is 12.8. The Morgan fingerprint density at radius 1 is 1.00 bits per heavy atom. The fourth-order valence-electron chi connectivity index (χ4n) is 1.97. The number of sulfonamides is 1. The normalized spacial score (nSPS) is 13.0. The van der Waals surface area contributed by atoms with Gasteiger partial charge < -0.3 is 0 Å². The SMILES string of the molecule is O=S(=O)(Nc1nc2ncccn2n1)c1ccccc1S(=O)(=O)C(F)(F)F. The van der Waals surface area contributed by atoms with E-state index in [0.29, 0.717) is 6.07 Å². The zero-order chi connectivity index (χ0) is 19.2. The fraction of sp³-hybridized carbons (Fsp3) is 0.0833. The molecule has 0 saturated carbocycles. The third kappa shape index (κ3) is 3.08. The van der Waals surface area contributed by atoms with Crippen LogP contribution in [0.3, 0.4) is 0 Å². The number of aromatic nitrogens is 4. The van der Waals surface area contributed by atoms with Crippen molar-refractivity contribution in [3.8, 4) is 0 Å². The first-order valence-electron chi connectivity index (χ1n) is 6.63. The van der Waals surface area contributed by atoms with Gasteiger partial charge in [-0.15, -0.1) is 5.10 Å². The highest BCUT2D eigenvalue weighted by Gasteiger charge is 2.49. The maximum absolute atomic E-state index is 12.8. The van der Waals surface area contributed by atoms with Gasteiger partial charge in [0.2, 0.25) is 0 Å². The summed E-state index contributed by atoms with van der Waals surface area (Å²) in [5.74, 6) is -0.454. The summed E-state index contributed by atoms with van der Waals surface area (Å²) >= 11 is 0. The molecule has 2 aromatic heterocycles. The standard InChI is InChI=1S/C12H8F3N5O4S2/c13-12(14,15)25(21,22)8-4-1-2-5-9(8)26(23,24)19-10-17-11-16-6-3-7-20(11)18-10/h1-7H,(H,18,19). The Kier molecular flexibility index (Phi) is 4.11. The van der Waals surface area contributed by atoms with Gasteiger partial charge in [-0.25, -0.2) is 31.1 Å². The summed E-state index contributed by atoms with van der Waals surface area (Å²) in [6, 6.07) is 4.84. The lowest BCUT2D eigenvalue weighted by atomic mass is 10.4. The van der Waals surface area contributed by atoms with Crippen LogP contribution in [0.2, 0.25) is 0 Å². The Balaban J connectivity index is 2.08. The highest BCUT2D eigenvalue weighted by Crippen LogP contribution is 2.34. The minimum atomic E-state index is -5.88. The van der Waals surface area contributed by atoms with E-state index >= 15 is 0 Å². The van der Waals surface area contributed by atoms with Crippen LogP contribution >= 0.6 is 0 Å². The lowest BCUT2D eigenvalue weighted by Crippen LogP contribution is -2.26. The molecule has 1 aromatic carbocycles. The van der Waals surface area contributed by atoms with E-state index in [-0.39, 0.29) is 5.78 Å². The highest BCUT2D eigenvalue weighted by atomic mass is 32.2. The minimum absolute atomic E-state index is 0.0291. The summed E-state index contributed by atoms with van der Waals surface area (Å²) in [5.41, 5.74) is -5.66. The van der Waals surface area contributed by atoms with Gasteiger partial charge in [-0.05, 0) is 18.2 Å². The second-order valence-corrected chi connectivity index (χ2v) is 8.36. The molecule has 0 amide bonds. The van der Waals surface area contributed by atoms with E-state index in [2.05, 4.69) is 15.1 Å². The molecule has 0 saturated heterocycles. The van der Waals surface area contributed by atoms with Gasteiger partial charge in [0.05, 0.1) is 4.90 Å². The number of benzene rings is 1. The van der Waals surface area contributed by atoms with E-state index in [9.17, 15) is 30.0 Å². The second-order valence-electron chi connectivity index (χ2n) is 4.80. The quantitative estimate of drug-likeness (QED) is 0.690. The van der Waals surface area contributed by atoms with Crippen molar-refractivity contribution in [3.63, 3.8) is 0 Å². The molecule has 1 N–H and O–H groups in total. The number of hydrogen-bond donors (Lipinski definition) is 1. The summed E-state index contributed by atoms with van der Waals surface area (Å²) < 4.78 is 89.6. The summed E-state index contributed by atoms with van der Waals surface area (Å²) in [6.45, 7) is 0. The monoisotopic (exact) mass is 407 g/mol. The summed E-state index contributed by atoms with van der Waals surface area (Å²) in [6.07, 6.45) is 2.78. The van der Waals surface area contributed by atoms with Crippen molar-refractivity contribution in [2.75, 3.05) is 4.72 Å². The Morgan fingerprint density at radius 2 is 1.65 bits per heavy atom. The number of alkyl halides is 3. The van der Waals surface area contributed by atoms with Gasteiger partial charge in [0.1, 0.15) is 4.90 Å². The molecule has 3 rings (SSSR count). The van der Waals surface area contributed by atoms with Crippen LogP contribution in [0, 0.1) is 0 Å². The van der Waals surface area contributed by atoms with Gasteiger partial charge in [-0.2, -0.15) is 18.2 Å². The Labute approximate surface area is 144 Å². The zero-order valence-electron chi connectivity index (χ0n) is 12.4. The minimum Gasteiger partial charge on any atom is -0.246 e. The molecule has 26 heavy (non-hydrogen) atoms. The number of nitrogens with zero attached hydrogens (tertiary/aromatic N) is 4. The Hall–Kier alpha value is -2.74. The van der Waals surface area contributed by atoms with Crippen molar-refractivity contribution < 1.29 is 30.0 Å². The highest BCUT2D eigenvalue weighted by molar-refractivity contribution is 7.95. The molecule has 2 heterocycles. The van der Waals surface area contributed by atoms with Crippen molar-refractivity contribution in [2.45, 2.75) is 15.3 Å². The molecule has 0 unspecified atom stereocenters. The molecule has 0 aliphatic carbocycles. The number of sulfone groups is 1. The van der Waals surface area contributed by atoms with E-state index in [1.165, 1.54) is 18.5 Å². The van der Waals surface area contributed by atoms with Crippen LogP contribution in [0.25, 0.3) is 5.78 Å². The number of halogens is 3. The van der Waals surface area contributed by atoms with Crippen molar-refractivity contribution >= 4 is 31.6 Å². The smallest absolute Gasteiger partial charge is 0.246 e. The summed E-state index contributed by atoms with van der Waals surface area (Å²) in [5, 5.41) is 3.75. The van der Waals surface area contributed by atoms with E-state index in [4.69, 9.17) is 0 Å². The van der Waals surface area contributed by atoms with E-state index in [0.717, 1.165) is 22.7 Å². The van der Waals surface area contributed by atoms with E-state index < -0.39 is 41.1 Å². The van der Waals surface area contributed by atoms with Crippen LogP contribution in [0.5, 0.6) is 0 Å². The molecule has 0 radical (unpaired) electrons. The van der Waals surface area contributed by atoms with Crippen LogP contribution in [0.1, 0.15) is 0 Å². The Morgan fingerprint density at radius 3 is 2.27 bits per heavy atom. The molecule has 0 fully saturated rings. The van der Waals surface area contributed by atoms with Crippen LogP contribution in [0.15, 0.2) is 52.5 Å². The topological polar surface area (TPSA) is 123 Å². The lowest BCUT2D eigenvalue weighted by molar-refractivity contribution is -0.0437. The molecule has 0 spiro atoms. The molecular formula is C12H8F3N5O4S2. The van der Waals surface area contributed by atoms with E-state index in [1.807, 2.05) is 4.72 Å². The van der Waals surface area contributed by atoms with Crippen molar-refractivity contribution in [1.29, 1.82) is 0 Å². The van der Waals surface area contributed by atoms with Crippen LogP contribution in [-0.4, -0.2) is 41.9 Å². The van der Waals surface area contributed by atoms with Gasteiger partial charge in [-0.3, -0.25) is 0 Å². The molecule has 0 aliphatic rings. The van der Waals surface area contributed by atoms with Gasteiger partial charge in [-0.1, -0.05) is 12.1 Å². The third-order valence-corrected chi connectivity index (χ3v) is 6.14. The Bertz CT molecular complexity index is 1160. The summed E-state index contributed by atoms with van der Waals surface area (Å²) in [7, 11) is -10.6. The lowest BCUT2D eigenvalue weighted by Gasteiger charge is -2.12. The van der Waals surface area contributed by atoms with Crippen LogP contribution in [0.4, 0.5) is 19.1 Å². The van der Waals surface area contributed by atoms with E-state index in [1.54, 1.807) is 0 Å². The zero-order valence-corrected chi connectivity index (χ0v) is 14.0. The van der Waals surface area contributed by atoms with Crippen LogP contribution in [-0.2, 0) is 19.9 Å². The number of rotatable bonds is 4. The number of hydrogen-bond acceptors (Lipinski definition) is 7. The third-order valence-electron chi connectivity index (χ3n) is 3.08. The first-order chi connectivity index (χ1) is 12.0. The second kappa shape index (κ2) is 5.91. The van der Waals surface area contributed by atoms with Crippen molar-refractivity contribution in [2.24, 2.45) is 0 Å². The summed E-state index contributed by atoms with van der Waals surface area (Å²) in [4.78, 5) is 5.07. The van der Waals surface area contributed by atoms with Crippen molar-refractivity contribution in [1.82, 2.24) is 19.6 Å². The van der Waals surface area contributed by atoms with Gasteiger partial charge >= 0.3 is 5.51 Å². The maximum Gasteiger partial charge on any atom is 0.501 e. The van der Waals surface area contributed by atoms with Gasteiger partial charge in [0, 0.05) is 12.4 Å². The molecule has 3 aromatic rings. The first kappa shape index (κ1) is 18.1. The first-order valence-corrected chi connectivity index (χ1v) is 9.59. The van der Waals surface area contributed by atoms with Gasteiger partial charge in [0.15, 0.2) is 0 Å². The van der Waals surface area contributed by atoms with Crippen LogP contribution < -0.4 is 4.72 Å². The molecule has 0 aliphatic heterocycles. The molecule has 0 bridgehead atoms. The number of nitrogens with one attached hydrogen (secondary N) is 1. The number of anilines is 1. The number of fused-ring (bicyclic) bond motifs is 1. The predicted molar refractivity (Wildman–Crippen MR) is 81.3 cm³/mol. The van der Waals surface area contributed by atoms with Gasteiger partial charge in [0.25, 0.3) is 31.6 Å². The average molecular weight is 407 g/mol. The molecule has 14 heteroatoms. The predicted octanol–water partition coefficient (Wildman–Crippen LogP) is 1.22. The van der Waals surface area contributed by atoms with Crippen molar-refractivity contribution in [3.05, 3.63) is 42.7 Å². The fourth-order valence-corrected chi connectivity index (χ4v) is 4.50. The molecule has 9 nitrogen and oxygen atoms in total.